The number of carbonyl (C=O) groups excluding carboxylic acids is 1. The van der Waals surface area contributed by atoms with Gasteiger partial charge in [0.05, 0.1) is 16.1 Å². The van der Waals surface area contributed by atoms with E-state index in [4.69, 9.17) is 23.2 Å². The van der Waals surface area contributed by atoms with E-state index >= 15 is 0 Å². The summed E-state index contributed by atoms with van der Waals surface area (Å²) < 4.78 is 0. The van der Waals surface area contributed by atoms with Crippen molar-refractivity contribution in [2.24, 2.45) is 0 Å². The van der Waals surface area contributed by atoms with Crippen molar-refractivity contribution in [1.82, 2.24) is 5.32 Å². The van der Waals surface area contributed by atoms with Crippen molar-refractivity contribution < 1.29 is 4.79 Å². The third-order valence-corrected chi connectivity index (χ3v) is 4.55. The van der Waals surface area contributed by atoms with E-state index in [1.807, 2.05) is 26.2 Å². The van der Waals surface area contributed by atoms with Crippen LogP contribution in [-0.4, -0.2) is 23.6 Å². The number of nitrogens with one attached hydrogen (secondary N) is 1. The standard InChI is InChI=1S/C13H17Cl2NOS/c1-4-13(2,8-14)16-12(17)10-7-9(18-3)5-6-11(10)15/h5-7H,4,8H2,1-3H3,(H,16,17). The van der Waals surface area contributed by atoms with Gasteiger partial charge < -0.3 is 5.32 Å². The lowest BCUT2D eigenvalue weighted by atomic mass is 10.0. The SMILES string of the molecule is CCC(C)(CCl)NC(=O)c1cc(SC)ccc1Cl. The highest BCUT2D eigenvalue weighted by Crippen LogP contribution is 2.24. The Morgan fingerprint density at radius 2 is 2.17 bits per heavy atom. The molecular formula is C13H17Cl2NOS. The quantitative estimate of drug-likeness (QED) is 0.652. The maximum absolute atomic E-state index is 12.2. The van der Waals surface area contributed by atoms with Crippen molar-refractivity contribution in [2.75, 3.05) is 12.1 Å². The highest BCUT2D eigenvalue weighted by atomic mass is 35.5. The fourth-order valence-corrected chi connectivity index (χ4v) is 2.26. The second-order valence-electron chi connectivity index (χ2n) is 4.35. The molecule has 0 aliphatic heterocycles. The number of amides is 1. The molecule has 0 saturated heterocycles. The Morgan fingerprint density at radius 3 is 2.67 bits per heavy atom. The number of alkyl halides is 1. The van der Waals surface area contributed by atoms with Crippen LogP contribution in [0.2, 0.25) is 5.02 Å². The Morgan fingerprint density at radius 1 is 1.50 bits per heavy atom. The first-order valence-electron chi connectivity index (χ1n) is 5.67. The molecule has 0 heterocycles. The van der Waals surface area contributed by atoms with Gasteiger partial charge in [0.1, 0.15) is 0 Å². The molecule has 1 rings (SSSR count). The van der Waals surface area contributed by atoms with Gasteiger partial charge in [-0.2, -0.15) is 0 Å². The molecule has 0 aliphatic rings. The molecule has 5 heteroatoms. The molecule has 1 atom stereocenters. The van der Waals surface area contributed by atoms with Gasteiger partial charge in [-0.05, 0) is 37.8 Å². The minimum Gasteiger partial charge on any atom is -0.346 e. The molecule has 0 radical (unpaired) electrons. The predicted octanol–water partition coefficient (Wildman–Crippen LogP) is 4.20. The Bertz CT molecular complexity index is 433. The summed E-state index contributed by atoms with van der Waals surface area (Å²) in [5.41, 5.74) is 0.0884. The minimum atomic E-state index is -0.405. The molecule has 0 aromatic heterocycles. The second-order valence-corrected chi connectivity index (χ2v) is 5.90. The summed E-state index contributed by atoms with van der Waals surface area (Å²) >= 11 is 13.5. The Labute approximate surface area is 122 Å². The van der Waals surface area contributed by atoms with E-state index in [-0.39, 0.29) is 5.91 Å². The van der Waals surface area contributed by atoms with Crippen LogP contribution in [0.5, 0.6) is 0 Å². The third-order valence-electron chi connectivity index (χ3n) is 2.91. The number of halogens is 2. The highest BCUT2D eigenvalue weighted by molar-refractivity contribution is 7.98. The zero-order valence-electron chi connectivity index (χ0n) is 10.7. The van der Waals surface area contributed by atoms with Crippen molar-refractivity contribution in [1.29, 1.82) is 0 Å². The lowest BCUT2D eigenvalue weighted by molar-refractivity contribution is 0.0912. The fraction of sp³-hybridized carbons (Fsp3) is 0.462. The first kappa shape index (κ1) is 15.7. The topological polar surface area (TPSA) is 29.1 Å². The Kier molecular flexibility index (Phi) is 5.83. The fourth-order valence-electron chi connectivity index (χ4n) is 1.36. The molecule has 1 aromatic rings. The van der Waals surface area contributed by atoms with E-state index in [2.05, 4.69) is 5.32 Å². The van der Waals surface area contributed by atoms with Crippen molar-refractivity contribution in [3.8, 4) is 0 Å². The summed E-state index contributed by atoms with van der Waals surface area (Å²) in [5.74, 6) is 0.190. The molecule has 100 valence electrons. The molecule has 1 amide bonds. The van der Waals surface area contributed by atoms with Crippen LogP contribution in [0.1, 0.15) is 30.6 Å². The molecule has 0 aliphatic carbocycles. The van der Waals surface area contributed by atoms with E-state index in [1.165, 1.54) is 0 Å². The predicted molar refractivity (Wildman–Crippen MR) is 80.1 cm³/mol. The molecule has 0 fully saturated rings. The van der Waals surface area contributed by atoms with Gasteiger partial charge in [0.15, 0.2) is 0 Å². The monoisotopic (exact) mass is 305 g/mol. The van der Waals surface area contributed by atoms with E-state index < -0.39 is 5.54 Å². The summed E-state index contributed by atoms with van der Waals surface area (Å²) in [4.78, 5) is 13.2. The van der Waals surface area contributed by atoms with Crippen LogP contribution in [0.25, 0.3) is 0 Å². The molecule has 0 spiro atoms. The molecule has 1 unspecified atom stereocenters. The molecular weight excluding hydrogens is 289 g/mol. The van der Waals surface area contributed by atoms with Crippen molar-refractivity contribution in [3.63, 3.8) is 0 Å². The van der Waals surface area contributed by atoms with Crippen molar-refractivity contribution in [2.45, 2.75) is 30.7 Å². The second kappa shape index (κ2) is 6.69. The van der Waals surface area contributed by atoms with Crippen LogP contribution in [0.15, 0.2) is 23.1 Å². The average Bonchev–Trinajstić information content (AvgIpc) is 2.39. The summed E-state index contributed by atoms with van der Waals surface area (Å²) in [6, 6.07) is 5.43. The maximum atomic E-state index is 12.2. The third kappa shape index (κ3) is 3.81. The van der Waals surface area contributed by atoms with Gasteiger partial charge >= 0.3 is 0 Å². The van der Waals surface area contributed by atoms with E-state index in [1.54, 1.807) is 23.9 Å². The van der Waals surface area contributed by atoms with Crippen LogP contribution in [0.3, 0.4) is 0 Å². The molecule has 1 N–H and O–H groups in total. The number of carbonyl (C=O) groups is 1. The molecule has 18 heavy (non-hydrogen) atoms. The van der Waals surface area contributed by atoms with Crippen molar-refractivity contribution >= 4 is 40.9 Å². The highest BCUT2D eigenvalue weighted by Gasteiger charge is 2.24. The number of rotatable bonds is 5. The van der Waals surface area contributed by atoms with E-state index in [9.17, 15) is 4.79 Å². The van der Waals surface area contributed by atoms with Crippen LogP contribution < -0.4 is 5.32 Å². The lowest BCUT2D eigenvalue weighted by Gasteiger charge is -2.27. The van der Waals surface area contributed by atoms with Gasteiger partial charge in [0.2, 0.25) is 0 Å². The first-order valence-corrected chi connectivity index (χ1v) is 7.81. The Balaban J connectivity index is 2.97. The minimum absolute atomic E-state index is 0.180. The van der Waals surface area contributed by atoms with Gasteiger partial charge in [-0.3, -0.25) is 4.79 Å². The zero-order chi connectivity index (χ0) is 13.8. The maximum Gasteiger partial charge on any atom is 0.253 e. The van der Waals surface area contributed by atoms with Gasteiger partial charge in [-0.25, -0.2) is 0 Å². The Hall–Kier alpha value is -0.380. The summed E-state index contributed by atoms with van der Waals surface area (Å²) in [7, 11) is 0. The summed E-state index contributed by atoms with van der Waals surface area (Å²) in [6.45, 7) is 3.91. The first-order chi connectivity index (χ1) is 8.45. The normalized spacial score (nSPS) is 14.1. The number of thioether (sulfide) groups is 1. The van der Waals surface area contributed by atoms with Crippen LogP contribution >= 0.6 is 35.0 Å². The van der Waals surface area contributed by atoms with Gasteiger partial charge in [-0.1, -0.05) is 18.5 Å². The lowest BCUT2D eigenvalue weighted by Crippen LogP contribution is -2.47. The van der Waals surface area contributed by atoms with Crippen LogP contribution in [-0.2, 0) is 0 Å². The molecule has 2 nitrogen and oxygen atoms in total. The van der Waals surface area contributed by atoms with Gasteiger partial charge in [-0.15, -0.1) is 23.4 Å². The average molecular weight is 306 g/mol. The van der Waals surface area contributed by atoms with Crippen molar-refractivity contribution in [3.05, 3.63) is 28.8 Å². The largest absolute Gasteiger partial charge is 0.346 e. The van der Waals surface area contributed by atoms with E-state index in [0.29, 0.717) is 16.5 Å². The molecule has 0 bridgehead atoms. The van der Waals surface area contributed by atoms with E-state index in [0.717, 1.165) is 11.3 Å². The smallest absolute Gasteiger partial charge is 0.253 e. The zero-order valence-corrected chi connectivity index (χ0v) is 13.0. The number of hydrogen-bond acceptors (Lipinski definition) is 2. The summed E-state index contributed by atoms with van der Waals surface area (Å²) in [5, 5.41) is 3.39. The molecule has 1 aromatic carbocycles. The number of benzene rings is 1. The van der Waals surface area contributed by atoms with Gasteiger partial charge in [0, 0.05) is 10.8 Å². The van der Waals surface area contributed by atoms with Crippen LogP contribution in [0, 0.1) is 0 Å². The van der Waals surface area contributed by atoms with Gasteiger partial charge in [0.25, 0.3) is 5.91 Å². The number of hydrogen-bond donors (Lipinski definition) is 1. The summed E-state index contributed by atoms with van der Waals surface area (Å²) in [6.07, 6.45) is 2.72. The molecule has 0 saturated carbocycles. The van der Waals surface area contributed by atoms with Crippen LogP contribution in [0.4, 0.5) is 0 Å².